The number of aliphatic hydroxyl groups excluding tert-OH is 2. The standard InChI is InChI=1S/C6H12O2S/c7-4-5(8)6-2-1-3-9-6/h5-8H,1-4H2. The Labute approximate surface area is 59.3 Å². The highest BCUT2D eigenvalue weighted by atomic mass is 32.2. The first-order valence-electron chi connectivity index (χ1n) is 3.25. The summed E-state index contributed by atoms with van der Waals surface area (Å²) in [5.41, 5.74) is 0. The second-order valence-corrected chi connectivity index (χ2v) is 3.65. The van der Waals surface area contributed by atoms with E-state index < -0.39 is 6.10 Å². The minimum absolute atomic E-state index is 0.0856. The van der Waals surface area contributed by atoms with Gasteiger partial charge >= 0.3 is 0 Å². The molecule has 2 nitrogen and oxygen atoms in total. The molecule has 0 aliphatic carbocycles. The van der Waals surface area contributed by atoms with Crippen LogP contribution < -0.4 is 0 Å². The summed E-state index contributed by atoms with van der Waals surface area (Å²) < 4.78 is 0. The molecule has 0 radical (unpaired) electrons. The van der Waals surface area contributed by atoms with Crippen molar-refractivity contribution in [3.8, 4) is 0 Å². The summed E-state index contributed by atoms with van der Waals surface area (Å²) in [7, 11) is 0. The highest BCUT2D eigenvalue weighted by molar-refractivity contribution is 8.00. The van der Waals surface area contributed by atoms with Crippen molar-refractivity contribution in [3.05, 3.63) is 0 Å². The van der Waals surface area contributed by atoms with E-state index in [1.54, 1.807) is 11.8 Å². The Bertz CT molecular complexity index is 81.1. The van der Waals surface area contributed by atoms with Crippen molar-refractivity contribution in [2.45, 2.75) is 24.2 Å². The predicted molar refractivity (Wildman–Crippen MR) is 38.6 cm³/mol. The summed E-state index contributed by atoms with van der Waals surface area (Å²) >= 11 is 1.77. The lowest BCUT2D eigenvalue weighted by atomic mass is 10.2. The molecular formula is C6H12O2S. The number of rotatable bonds is 2. The molecule has 0 bridgehead atoms. The Balaban J connectivity index is 2.24. The van der Waals surface area contributed by atoms with Crippen LogP contribution in [0.25, 0.3) is 0 Å². The molecular weight excluding hydrogens is 136 g/mol. The number of hydrogen-bond acceptors (Lipinski definition) is 3. The van der Waals surface area contributed by atoms with Gasteiger partial charge in [0, 0.05) is 5.25 Å². The SMILES string of the molecule is OCC(O)C1CCCS1. The van der Waals surface area contributed by atoms with Crippen LogP contribution in [0.1, 0.15) is 12.8 Å². The van der Waals surface area contributed by atoms with Crippen LogP contribution in [0.15, 0.2) is 0 Å². The monoisotopic (exact) mass is 148 g/mol. The van der Waals surface area contributed by atoms with Crippen molar-refractivity contribution in [1.29, 1.82) is 0 Å². The summed E-state index contributed by atoms with van der Waals surface area (Å²) in [4.78, 5) is 0. The molecule has 1 aliphatic rings. The van der Waals surface area contributed by atoms with Crippen molar-refractivity contribution in [3.63, 3.8) is 0 Å². The van der Waals surface area contributed by atoms with Crippen molar-refractivity contribution < 1.29 is 10.2 Å². The third-order valence-electron chi connectivity index (χ3n) is 1.58. The van der Waals surface area contributed by atoms with Crippen molar-refractivity contribution >= 4 is 11.8 Å². The smallest absolute Gasteiger partial charge is 0.0889 e. The van der Waals surface area contributed by atoms with Crippen LogP contribution in [0.2, 0.25) is 0 Å². The van der Waals surface area contributed by atoms with Crippen molar-refractivity contribution in [1.82, 2.24) is 0 Å². The van der Waals surface area contributed by atoms with E-state index in [2.05, 4.69) is 0 Å². The molecule has 1 heterocycles. The Morgan fingerprint density at radius 1 is 1.67 bits per heavy atom. The maximum atomic E-state index is 9.09. The fourth-order valence-electron chi connectivity index (χ4n) is 1.02. The highest BCUT2D eigenvalue weighted by Crippen LogP contribution is 2.28. The average molecular weight is 148 g/mol. The van der Waals surface area contributed by atoms with Crippen molar-refractivity contribution in [2.24, 2.45) is 0 Å². The number of thioether (sulfide) groups is 1. The fourth-order valence-corrected chi connectivity index (χ4v) is 2.30. The van der Waals surface area contributed by atoms with E-state index in [1.165, 1.54) is 6.42 Å². The van der Waals surface area contributed by atoms with Crippen LogP contribution >= 0.6 is 11.8 Å². The first-order valence-corrected chi connectivity index (χ1v) is 4.30. The maximum absolute atomic E-state index is 9.09. The first-order chi connectivity index (χ1) is 4.34. The summed E-state index contributed by atoms with van der Waals surface area (Å²) in [5.74, 6) is 1.14. The summed E-state index contributed by atoms with van der Waals surface area (Å²) in [6.07, 6.45) is 1.76. The Kier molecular flexibility index (Phi) is 2.82. The largest absolute Gasteiger partial charge is 0.394 e. The molecule has 2 N–H and O–H groups in total. The minimum Gasteiger partial charge on any atom is -0.394 e. The molecule has 0 aromatic heterocycles. The zero-order valence-corrected chi connectivity index (χ0v) is 6.10. The van der Waals surface area contributed by atoms with Gasteiger partial charge in [-0.3, -0.25) is 0 Å². The van der Waals surface area contributed by atoms with E-state index in [0.717, 1.165) is 12.2 Å². The quantitative estimate of drug-likeness (QED) is 0.589. The van der Waals surface area contributed by atoms with Gasteiger partial charge in [-0.05, 0) is 18.6 Å². The van der Waals surface area contributed by atoms with Gasteiger partial charge in [0.15, 0.2) is 0 Å². The zero-order valence-electron chi connectivity index (χ0n) is 5.29. The van der Waals surface area contributed by atoms with E-state index in [1.807, 2.05) is 0 Å². The van der Waals surface area contributed by atoms with Gasteiger partial charge in [0.1, 0.15) is 0 Å². The van der Waals surface area contributed by atoms with Gasteiger partial charge < -0.3 is 10.2 Å². The predicted octanol–water partition coefficient (Wildman–Crippen LogP) is 0.235. The van der Waals surface area contributed by atoms with E-state index in [9.17, 15) is 0 Å². The third-order valence-corrected chi connectivity index (χ3v) is 3.08. The topological polar surface area (TPSA) is 40.5 Å². The molecule has 1 saturated heterocycles. The summed E-state index contributed by atoms with van der Waals surface area (Å²) in [6, 6.07) is 0. The third kappa shape index (κ3) is 1.85. The molecule has 54 valence electrons. The minimum atomic E-state index is -0.488. The summed E-state index contributed by atoms with van der Waals surface area (Å²) in [5, 5.41) is 17.9. The highest BCUT2D eigenvalue weighted by Gasteiger charge is 2.22. The maximum Gasteiger partial charge on any atom is 0.0889 e. The molecule has 2 atom stereocenters. The van der Waals surface area contributed by atoms with Crippen LogP contribution in [0, 0.1) is 0 Å². The first kappa shape index (κ1) is 7.38. The van der Waals surface area contributed by atoms with Crippen molar-refractivity contribution in [2.75, 3.05) is 12.4 Å². The van der Waals surface area contributed by atoms with Crippen LogP contribution in [0.4, 0.5) is 0 Å². The fraction of sp³-hybridized carbons (Fsp3) is 1.00. The van der Waals surface area contributed by atoms with Gasteiger partial charge in [-0.15, -0.1) is 0 Å². The van der Waals surface area contributed by atoms with Gasteiger partial charge in [-0.1, -0.05) is 0 Å². The lowest BCUT2D eigenvalue weighted by Crippen LogP contribution is -2.24. The molecule has 0 aromatic carbocycles. The second kappa shape index (κ2) is 3.44. The number of aliphatic hydroxyl groups is 2. The van der Waals surface area contributed by atoms with Gasteiger partial charge in [0.25, 0.3) is 0 Å². The van der Waals surface area contributed by atoms with E-state index in [-0.39, 0.29) is 6.61 Å². The van der Waals surface area contributed by atoms with Crippen LogP contribution in [-0.4, -0.2) is 33.9 Å². The molecule has 9 heavy (non-hydrogen) atoms. The second-order valence-electron chi connectivity index (χ2n) is 2.30. The van der Waals surface area contributed by atoms with E-state index in [0.29, 0.717) is 5.25 Å². The zero-order chi connectivity index (χ0) is 6.69. The van der Waals surface area contributed by atoms with Crippen LogP contribution in [0.3, 0.4) is 0 Å². The van der Waals surface area contributed by atoms with E-state index in [4.69, 9.17) is 10.2 Å². The van der Waals surface area contributed by atoms with Gasteiger partial charge in [0.2, 0.25) is 0 Å². The van der Waals surface area contributed by atoms with Gasteiger partial charge in [-0.25, -0.2) is 0 Å². The van der Waals surface area contributed by atoms with E-state index >= 15 is 0 Å². The Morgan fingerprint density at radius 2 is 2.44 bits per heavy atom. The van der Waals surface area contributed by atoms with Gasteiger partial charge in [0.05, 0.1) is 12.7 Å². The normalized spacial score (nSPS) is 30.7. The molecule has 2 unspecified atom stereocenters. The Hall–Kier alpha value is 0.270. The molecule has 0 aromatic rings. The molecule has 1 rings (SSSR count). The molecule has 1 fully saturated rings. The lowest BCUT2D eigenvalue weighted by Gasteiger charge is -2.12. The lowest BCUT2D eigenvalue weighted by molar-refractivity contribution is 0.0926. The average Bonchev–Trinajstić information content (AvgIpc) is 2.37. The van der Waals surface area contributed by atoms with Crippen LogP contribution in [0.5, 0.6) is 0 Å². The molecule has 0 spiro atoms. The molecule has 0 amide bonds. The Morgan fingerprint density at radius 3 is 2.89 bits per heavy atom. The van der Waals surface area contributed by atoms with Crippen LogP contribution in [-0.2, 0) is 0 Å². The summed E-state index contributed by atoms with van der Waals surface area (Å²) in [6.45, 7) is -0.0856. The molecule has 0 saturated carbocycles. The number of hydrogen-bond donors (Lipinski definition) is 2. The molecule has 3 heteroatoms. The molecule has 1 aliphatic heterocycles. The van der Waals surface area contributed by atoms with Gasteiger partial charge in [-0.2, -0.15) is 11.8 Å².